The molecule has 1 saturated heterocycles. The van der Waals surface area contributed by atoms with E-state index in [9.17, 15) is 22.8 Å². The third kappa shape index (κ3) is 3.24. The Bertz CT molecular complexity index is 1240. The lowest BCUT2D eigenvalue weighted by atomic mass is 10.0. The summed E-state index contributed by atoms with van der Waals surface area (Å²) in [6, 6.07) is 11.9. The standard InChI is InChI=1S/C23H18F3N3O3/c1-14-3-2-4-18-15(9-12-27-19(14)18)13-28-21(31)29(20(30)22(28)10-11-22)16-5-7-17(8-6-16)32-23(24,25)26/h2-9,12H,10-11,13H2,1H3. The lowest BCUT2D eigenvalue weighted by Crippen LogP contribution is -2.36. The van der Waals surface area contributed by atoms with Crippen molar-refractivity contribution in [3.05, 3.63) is 65.9 Å². The summed E-state index contributed by atoms with van der Waals surface area (Å²) in [5.74, 6) is -0.779. The van der Waals surface area contributed by atoms with Crippen LogP contribution in [0.1, 0.15) is 24.0 Å². The van der Waals surface area contributed by atoms with Crippen LogP contribution in [0.2, 0.25) is 0 Å². The molecule has 0 atom stereocenters. The van der Waals surface area contributed by atoms with Gasteiger partial charge in [-0.25, -0.2) is 9.69 Å². The Labute approximate surface area is 181 Å². The number of aromatic nitrogens is 1. The summed E-state index contributed by atoms with van der Waals surface area (Å²) in [7, 11) is 0. The molecule has 3 amide bonds. The molecular weight excluding hydrogens is 423 g/mol. The predicted octanol–water partition coefficient (Wildman–Crippen LogP) is 4.94. The Hall–Kier alpha value is -3.62. The van der Waals surface area contributed by atoms with Crippen molar-refractivity contribution in [1.29, 1.82) is 0 Å². The molecule has 1 aromatic heterocycles. The Kier molecular flexibility index (Phi) is 4.40. The van der Waals surface area contributed by atoms with Crippen molar-refractivity contribution in [2.24, 2.45) is 0 Å². The third-order valence-electron chi connectivity index (χ3n) is 5.98. The van der Waals surface area contributed by atoms with Gasteiger partial charge in [0.2, 0.25) is 0 Å². The lowest BCUT2D eigenvalue weighted by molar-refractivity contribution is -0.274. The summed E-state index contributed by atoms with van der Waals surface area (Å²) in [6.07, 6.45) is -2.04. The summed E-state index contributed by atoms with van der Waals surface area (Å²) in [5, 5.41) is 0.913. The molecule has 1 aliphatic heterocycles. The van der Waals surface area contributed by atoms with Gasteiger partial charge in [0.25, 0.3) is 5.91 Å². The SMILES string of the molecule is Cc1cccc2c(CN3C(=O)N(c4ccc(OC(F)(F)F)cc4)C(=O)C34CC4)ccnc12. The zero-order valence-electron chi connectivity index (χ0n) is 17.0. The average Bonchev–Trinajstić information content (AvgIpc) is 3.51. The molecule has 0 radical (unpaired) electrons. The van der Waals surface area contributed by atoms with Crippen molar-refractivity contribution in [3.63, 3.8) is 0 Å². The number of rotatable bonds is 4. The van der Waals surface area contributed by atoms with Crippen LogP contribution in [0, 0.1) is 6.92 Å². The Balaban J connectivity index is 1.46. The van der Waals surface area contributed by atoms with Gasteiger partial charge in [0.1, 0.15) is 11.3 Å². The maximum absolute atomic E-state index is 13.3. The largest absolute Gasteiger partial charge is 0.573 e. The Morgan fingerprint density at radius 1 is 1.06 bits per heavy atom. The number of alkyl halides is 3. The minimum Gasteiger partial charge on any atom is -0.406 e. The van der Waals surface area contributed by atoms with Crippen molar-refractivity contribution in [2.45, 2.75) is 38.2 Å². The first-order valence-corrected chi connectivity index (χ1v) is 10.0. The molecule has 0 unspecified atom stereocenters. The van der Waals surface area contributed by atoms with Crippen molar-refractivity contribution in [3.8, 4) is 5.75 Å². The second kappa shape index (κ2) is 6.94. The first kappa shape index (κ1) is 20.3. The number of aryl methyl sites for hydroxylation is 1. The third-order valence-corrected chi connectivity index (χ3v) is 5.98. The van der Waals surface area contributed by atoms with Crippen molar-refractivity contribution in [2.75, 3.05) is 4.90 Å². The van der Waals surface area contributed by atoms with E-state index in [1.165, 1.54) is 12.1 Å². The number of anilines is 1. The van der Waals surface area contributed by atoms with E-state index in [0.29, 0.717) is 12.8 Å². The fraction of sp³-hybridized carbons (Fsp3) is 0.261. The molecule has 9 heteroatoms. The number of carbonyl (C=O) groups excluding carboxylic acids is 2. The van der Waals surface area contributed by atoms with Gasteiger partial charge in [0, 0.05) is 18.1 Å². The number of imide groups is 1. The zero-order valence-corrected chi connectivity index (χ0v) is 17.0. The maximum Gasteiger partial charge on any atom is 0.573 e. The first-order chi connectivity index (χ1) is 15.2. The molecule has 5 rings (SSSR count). The molecular formula is C23H18F3N3O3. The van der Waals surface area contributed by atoms with Gasteiger partial charge in [-0.05, 0) is 61.2 Å². The quantitative estimate of drug-likeness (QED) is 0.538. The monoisotopic (exact) mass is 441 g/mol. The van der Waals surface area contributed by atoms with Crippen LogP contribution in [0.25, 0.3) is 10.9 Å². The van der Waals surface area contributed by atoms with Crippen LogP contribution in [0.5, 0.6) is 5.75 Å². The number of hydrogen-bond donors (Lipinski definition) is 0. The Morgan fingerprint density at radius 2 is 1.78 bits per heavy atom. The molecule has 2 aliphatic rings. The highest BCUT2D eigenvalue weighted by Crippen LogP contribution is 2.50. The topological polar surface area (TPSA) is 62.7 Å². The van der Waals surface area contributed by atoms with E-state index in [1.807, 2.05) is 31.2 Å². The van der Waals surface area contributed by atoms with Crippen molar-refractivity contribution < 1.29 is 27.5 Å². The molecule has 2 heterocycles. The number of hydrogen-bond acceptors (Lipinski definition) is 4. The van der Waals surface area contributed by atoms with Gasteiger partial charge >= 0.3 is 12.4 Å². The molecule has 0 N–H and O–H groups in total. The van der Waals surface area contributed by atoms with Gasteiger partial charge in [-0.2, -0.15) is 0 Å². The number of halogens is 3. The van der Waals surface area contributed by atoms with Crippen molar-refractivity contribution >= 4 is 28.5 Å². The van der Waals surface area contributed by atoms with E-state index >= 15 is 0 Å². The van der Waals surface area contributed by atoms with E-state index in [1.54, 1.807) is 11.1 Å². The molecule has 1 aliphatic carbocycles. The average molecular weight is 441 g/mol. The van der Waals surface area contributed by atoms with Crippen LogP contribution in [-0.4, -0.2) is 33.7 Å². The highest BCUT2D eigenvalue weighted by Gasteiger charge is 2.65. The van der Waals surface area contributed by atoms with E-state index in [2.05, 4.69) is 9.72 Å². The predicted molar refractivity (Wildman–Crippen MR) is 110 cm³/mol. The molecule has 2 fully saturated rings. The van der Waals surface area contributed by atoms with Crippen LogP contribution in [-0.2, 0) is 11.3 Å². The molecule has 2 aromatic carbocycles. The van der Waals surface area contributed by atoms with Gasteiger partial charge in [-0.1, -0.05) is 18.2 Å². The zero-order chi connectivity index (χ0) is 22.7. The van der Waals surface area contributed by atoms with Crippen LogP contribution in [0.15, 0.2) is 54.7 Å². The minimum absolute atomic E-state index is 0.207. The summed E-state index contributed by atoms with van der Waals surface area (Å²) >= 11 is 0. The first-order valence-electron chi connectivity index (χ1n) is 10.0. The molecule has 32 heavy (non-hydrogen) atoms. The van der Waals surface area contributed by atoms with Gasteiger partial charge in [-0.3, -0.25) is 9.78 Å². The Morgan fingerprint density at radius 3 is 2.44 bits per heavy atom. The van der Waals surface area contributed by atoms with Gasteiger partial charge in [-0.15, -0.1) is 13.2 Å². The molecule has 0 bridgehead atoms. The summed E-state index contributed by atoms with van der Waals surface area (Å²) in [5.41, 5.74) is 2.03. The molecule has 1 saturated carbocycles. The summed E-state index contributed by atoms with van der Waals surface area (Å²) in [4.78, 5) is 33.5. The van der Waals surface area contributed by atoms with Gasteiger partial charge in [0.05, 0.1) is 11.2 Å². The number of benzene rings is 2. The smallest absolute Gasteiger partial charge is 0.406 e. The second-order valence-corrected chi connectivity index (χ2v) is 8.02. The van der Waals surface area contributed by atoms with Crippen LogP contribution >= 0.6 is 0 Å². The molecule has 3 aromatic rings. The number of ether oxygens (including phenoxy) is 1. The lowest BCUT2D eigenvalue weighted by Gasteiger charge is -2.22. The normalized spacial score (nSPS) is 17.5. The fourth-order valence-corrected chi connectivity index (χ4v) is 4.25. The van der Waals surface area contributed by atoms with Crippen molar-refractivity contribution in [1.82, 2.24) is 9.88 Å². The summed E-state index contributed by atoms with van der Waals surface area (Å²) in [6.45, 7) is 2.19. The maximum atomic E-state index is 13.3. The number of para-hydroxylation sites is 1. The van der Waals surface area contributed by atoms with Crippen LogP contribution in [0.4, 0.5) is 23.7 Å². The molecule has 164 valence electrons. The van der Waals surface area contributed by atoms with E-state index < -0.39 is 23.7 Å². The number of pyridine rings is 1. The molecule has 1 spiro atoms. The van der Waals surface area contributed by atoms with E-state index in [4.69, 9.17) is 0 Å². The minimum atomic E-state index is -4.82. The van der Waals surface area contributed by atoms with Crippen LogP contribution in [0.3, 0.4) is 0 Å². The number of urea groups is 1. The van der Waals surface area contributed by atoms with Crippen LogP contribution < -0.4 is 9.64 Å². The second-order valence-electron chi connectivity index (χ2n) is 8.02. The highest BCUT2D eigenvalue weighted by atomic mass is 19.4. The molecule has 6 nitrogen and oxygen atoms in total. The fourth-order valence-electron chi connectivity index (χ4n) is 4.25. The number of fused-ring (bicyclic) bond motifs is 1. The van der Waals surface area contributed by atoms with E-state index in [0.717, 1.165) is 39.1 Å². The number of nitrogens with zero attached hydrogens (tertiary/aromatic N) is 3. The van der Waals surface area contributed by atoms with E-state index in [-0.39, 0.29) is 18.1 Å². The van der Waals surface area contributed by atoms with Gasteiger partial charge < -0.3 is 9.64 Å². The number of amides is 3. The summed E-state index contributed by atoms with van der Waals surface area (Å²) < 4.78 is 41.1. The van der Waals surface area contributed by atoms with Gasteiger partial charge in [0.15, 0.2) is 0 Å². The highest BCUT2D eigenvalue weighted by molar-refractivity contribution is 6.24. The number of carbonyl (C=O) groups is 2.